The van der Waals surface area contributed by atoms with Crippen LogP contribution in [0.3, 0.4) is 0 Å². The second-order valence-electron chi connectivity index (χ2n) is 6.12. The van der Waals surface area contributed by atoms with Gasteiger partial charge < -0.3 is 10.1 Å². The highest BCUT2D eigenvalue weighted by Crippen LogP contribution is 2.13. The normalized spacial score (nSPS) is 11.6. The van der Waals surface area contributed by atoms with Gasteiger partial charge in [-0.1, -0.05) is 12.1 Å². The lowest BCUT2D eigenvalue weighted by molar-refractivity contribution is -0.384. The molecule has 0 aliphatic carbocycles. The number of hydrogen-bond acceptors (Lipinski definition) is 7. The Balaban J connectivity index is 1.62. The highest BCUT2D eigenvalue weighted by atomic mass is 16.6. The lowest BCUT2D eigenvalue weighted by Gasteiger charge is -2.13. The molecule has 0 saturated heterocycles. The van der Waals surface area contributed by atoms with Crippen molar-refractivity contribution >= 4 is 23.2 Å². The minimum absolute atomic E-state index is 0.0445. The molecule has 2 heterocycles. The summed E-state index contributed by atoms with van der Waals surface area (Å²) >= 11 is 0. The van der Waals surface area contributed by atoms with Crippen LogP contribution in [0.4, 0.5) is 5.69 Å². The van der Waals surface area contributed by atoms with E-state index in [0.717, 1.165) is 6.07 Å². The maximum atomic E-state index is 12.2. The molecule has 0 radical (unpaired) electrons. The van der Waals surface area contributed by atoms with Crippen LogP contribution in [0.2, 0.25) is 0 Å². The summed E-state index contributed by atoms with van der Waals surface area (Å²) in [5.74, 6) is -1.39. The van der Waals surface area contributed by atoms with Crippen molar-refractivity contribution in [2.75, 3.05) is 0 Å². The second-order valence-corrected chi connectivity index (χ2v) is 6.12. The van der Waals surface area contributed by atoms with Gasteiger partial charge in [0.2, 0.25) is 0 Å². The summed E-state index contributed by atoms with van der Waals surface area (Å²) in [4.78, 5) is 50.8. The zero-order valence-corrected chi connectivity index (χ0v) is 15.3. The van der Waals surface area contributed by atoms with Crippen LogP contribution in [-0.4, -0.2) is 32.2 Å². The molecular formula is C19H16N4O6. The van der Waals surface area contributed by atoms with Gasteiger partial charge in [0, 0.05) is 30.0 Å². The van der Waals surface area contributed by atoms with Gasteiger partial charge in [0.15, 0.2) is 0 Å². The largest absolute Gasteiger partial charge is 0.458 e. The molecule has 10 heteroatoms. The molecule has 1 atom stereocenters. The van der Waals surface area contributed by atoms with Gasteiger partial charge >= 0.3 is 5.97 Å². The molecule has 2 aromatic heterocycles. The summed E-state index contributed by atoms with van der Waals surface area (Å²) in [5, 5.41) is 13.2. The quantitative estimate of drug-likeness (QED) is 0.379. The minimum Gasteiger partial charge on any atom is -0.458 e. The van der Waals surface area contributed by atoms with E-state index in [2.05, 4.69) is 10.3 Å². The minimum atomic E-state index is -1.01. The Morgan fingerprint density at radius 1 is 1.24 bits per heavy atom. The van der Waals surface area contributed by atoms with Crippen molar-refractivity contribution in [1.29, 1.82) is 0 Å². The molecule has 0 aliphatic heterocycles. The Labute approximate surface area is 163 Å². The molecule has 148 valence electrons. The lowest BCUT2D eigenvalue weighted by atomic mass is 10.2. The number of nitro benzene ring substituents is 1. The molecule has 1 aromatic carbocycles. The summed E-state index contributed by atoms with van der Waals surface area (Å²) in [6.45, 7) is 1.18. The number of non-ortho nitro benzene ring substituents is 1. The molecule has 1 amide bonds. The van der Waals surface area contributed by atoms with E-state index < -0.39 is 22.8 Å². The highest BCUT2D eigenvalue weighted by Gasteiger charge is 2.19. The number of ether oxygens (including phenoxy) is 1. The van der Waals surface area contributed by atoms with Crippen LogP contribution < -0.4 is 10.9 Å². The number of carbonyl (C=O) groups is 2. The van der Waals surface area contributed by atoms with E-state index in [1.54, 1.807) is 24.4 Å². The van der Waals surface area contributed by atoms with Gasteiger partial charge in [-0.25, -0.2) is 9.78 Å². The maximum absolute atomic E-state index is 12.2. The average Bonchev–Trinajstić information content (AvgIpc) is 2.72. The Morgan fingerprint density at radius 3 is 2.79 bits per heavy atom. The van der Waals surface area contributed by atoms with Crippen LogP contribution >= 0.6 is 0 Å². The highest BCUT2D eigenvalue weighted by molar-refractivity contribution is 5.97. The van der Waals surface area contributed by atoms with E-state index in [1.165, 1.54) is 35.6 Å². The van der Waals surface area contributed by atoms with Gasteiger partial charge in [0.25, 0.3) is 17.2 Å². The number of pyridine rings is 1. The van der Waals surface area contributed by atoms with Gasteiger partial charge in [-0.15, -0.1) is 0 Å². The van der Waals surface area contributed by atoms with Crippen LogP contribution in [0.5, 0.6) is 0 Å². The van der Waals surface area contributed by atoms with E-state index in [0.29, 0.717) is 5.65 Å². The predicted octanol–water partition coefficient (Wildman–Crippen LogP) is 1.46. The van der Waals surface area contributed by atoms with Crippen molar-refractivity contribution < 1.29 is 19.2 Å². The zero-order valence-electron chi connectivity index (χ0n) is 15.3. The third-order valence-electron chi connectivity index (χ3n) is 4.01. The van der Waals surface area contributed by atoms with Crippen molar-refractivity contribution in [3.8, 4) is 0 Å². The molecule has 1 N–H and O–H groups in total. The average molecular weight is 396 g/mol. The van der Waals surface area contributed by atoms with Gasteiger partial charge in [-0.3, -0.25) is 24.1 Å². The van der Waals surface area contributed by atoms with Gasteiger partial charge in [-0.05, 0) is 25.1 Å². The topological polar surface area (TPSA) is 133 Å². The summed E-state index contributed by atoms with van der Waals surface area (Å²) < 4.78 is 6.47. The van der Waals surface area contributed by atoms with Crippen LogP contribution in [-0.2, 0) is 16.1 Å². The summed E-state index contributed by atoms with van der Waals surface area (Å²) in [7, 11) is 0. The molecule has 0 bridgehead atoms. The first-order valence-electron chi connectivity index (χ1n) is 8.54. The first-order valence-corrected chi connectivity index (χ1v) is 8.54. The third kappa shape index (κ3) is 4.61. The Morgan fingerprint density at radius 2 is 2.03 bits per heavy atom. The van der Waals surface area contributed by atoms with Gasteiger partial charge in [0.05, 0.1) is 10.6 Å². The SMILES string of the molecule is C[C@H](NC(=O)c1cccc([N+](=O)[O-])c1)C(=O)OCc1cc(=O)n2ccccc2n1. The fourth-order valence-electron chi connectivity index (χ4n) is 2.55. The number of aromatic nitrogens is 2. The van der Waals surface area contributed by atoms with Crippen LogP contribution in [0.25, 0.3) is 5.65 Å². The Hall–Kier alpha value is -4.08. The van der Waals surface area contributed by atoms with Crippen molar-refractivity contribution in [3.05, 3.63) is 86.5 Å². The van der Waals surface area contributed by atoms with Crippen molar-refractivity contribution in [2.24, 2.45) is 0 Å². The van der Waals surface area contributed by atoms with Gasteiger partial charge in [-0.2, -0.15) is 0 Å². The van der Waals surface area contributed by atoms with Crippen LogP contribution in [0, 0.1) is 10.1 Å². The fourth-order valence-corrected chi connectivity index (χ4v) is 2.55. The third-order valence-corrected chi connectivity index (χ3v) is 4.01. The molecule has 0 fully saturated rings. The Bertz CT molecular complexity index is 1160. The van der Waals surface area contributed by atoms with E-state index in [-0.39, 0.29) is 29.1 Å². The molecule has 0 saturated carbocycles. The van der Waals surface area contributed by atoms with Crippen LogP contribution in [0.1, 0.15) is 23.0 Å². The van der Waals surface area contributed by atoms with Crippen molar-refractivity contribution in [2.45, 2.75) is 19.6 Å². The molecule has 29 heavy (non-hydrogen) atoms. The van der Waals surface area contributed by atoms with Crippen LogP contribution in [0.15, 0.2) is 59.5 Å². The molecule has 3 rings (SSSR count). The van der Waals surface area contributed by atoms with E-state index >= 15 is 0 Å². The summed E-state index contributed by atoms with van der Waals surface area (Å²) in [6, 6.07) is 10.5. The van der Waals surface area contributed by atoms with Crippen molar-refractivity contribution in [1.82, 2.24) is 14.7 Å². The monoisotopic (exact) mass is 396 g/mol. The number of fused-ring (bicyclic) bond motifs is 1. The number of esters is 1. The predicted molar refractivity (Wildman–Crippen MR) is 101 cm³/mol. The number of hydrogen-bond donors (Lipinski definition) is 1. The molecule has 10 nitrogen and oxygen atoms in total. The van der Waals surface area contributed by atoms with E-state index in [1.807, 2.05) is 0 Å². The standard InChI is InChI=1S/C19H16N4O6/c1-12(20-18(25)13-5-4-6-15(9-13)23(27)28)19(26)29-11-14-10-17(24)22-8-3-2-7-16(22)21-14/h2-10,12H,11H2,1H3,(H,20,25)/t12-/m0/s1. The number of nitro groups is 1. The second kappa shape index (κ2) is 8.30. The maximum Gasteiger partial charge on any atom is 0.328 e. The molecule has 0 spiro atoms. The smallest absolute Gasteiger partial charge is 0.328 e. The number of amides is 1. The molecule has 0 aliphatic rings. The summed E-state index contributed by atoms with van der Waals surface area (Å²) in [6.07, 6.45) is 1.58. The van der Waals surface area contributed by atoms with Gasteiger partial charge in [0.1, 0.15) is 18.3 Å². The lowest BCUT2D eigenvalue weighted by Crippen LogP contribution is -2.39. The number of nitrogens with one attached hydrogen (secondary N) is 1. The fraction of sp³-hybridized carbons (Fsp3) is 0.158. The number of benzene rings is 1. The molecule has 3 aromatic rings. The van der Waals surface area contributed by atoms with E-state index in [4.69, 9.17) is 4.74 Å². The van der Waals surface area contributed by atoms with E-state index in [9.17, 15) is 24.5 Å². The summed E-state index contributed by atoms with van der Waals surface area (Å²) in [5.41, 5.74) is 0.183. The first kappa shape index (κ1) is 19.7. The molecule has 0 unspecified atom stereocenters. The number of nitrogens with zero attached hydrogens (tertiary/aromatic N) is 3. The number of rotatable bonds is 6. The molecular weight excluding hydrogens is 380 g/mol. The Kier molecular flexibility index (Phi) is 5.63. The zero-order chi connectivity index (χ0) is 21.0. The van der Waals surface area contributed by atoms with Crippen molar-refractivity contribution in [3.63, 3.8) is 0 Å². The number of carbonyl (C=O) groups excluding carboxylic acids is 2. The first-order chi connectivity index (χ1) is 13.8.